The number of nitrogens with one attached hydrogen (secondary N) is 1. The van der Waals surface area contributed by atoms with Crippen molar-refractivity contribution in [2.75, 3.05) is 18.5 Å². The van der Waals surface area contributed by atoms with Gasteiger partial charge in [-0.25, -0.2) is 4.68 Å². The van der Waals surface area contributed by atoms with Crippen molar-refractivity contribution in [2.45, 2.75) is 32.2 Å². The van der Waals surface area contributed by atoms with Gasteiger partial charge in [0.15, 0.2) is 0 Å². The SMILES string of the molecule is C#CCn1ncc(Cl)c(NCC2CCCCC2CO)c1=O. The van der Waals surface area contributed by atoms with Gasteiger partial charge in [-0.2, -0.15) is 5.10 Å². The normalized spacial score (nSPS) is 21.8. The summed E-state index contributed by atoms with van der Waals surface area (Å²) in [6, 6.07) is 0. The number of aliphatic hydroxyl groups is 1. The Morgan fingerprint density at radius 1 is 1.48 bits per heavy atom. The van der Waals surface area contributed by atoms with Crippen LogP contribution in [0.15, 0.2) is 11.0 Å². The summed E-state index contributed by atoms with van der Waals surface area (Å²) in [5.74, 6) is 3.04. The Bertz CT molecular complexity index is 579. The molecule has 0 aromatic carbocycles. The number of nitrogens with zero attached hydrogens (tertiary/aromatic N) is 2. The number of rotatable bonds is 5. The molecule has 5 nitrogen and oxygen atoms in total. The van der Waals surface area contributed by atoms with E-state index in [0.717, 1.165) is 25.7 Å². The standard InChI is InChI=1S/C15H20ClN3O2/c1-2-7-19-15(21)14(13(16)9-18-19)17-8-11-5-3-4-6-12(11)10-20/h1,9,11-12,17,20H,3-8,10H2. The summed E-state index contributed by atoms with van der Waals surface area (Å²) in [5.41, 5.74) is 0.0287. The van der Waals surface area contributed by atoms with Gasteiger partial charge in [0.2, 0.25) is 0 Å². The molecule has 2 N–H and O–H groups in total. The predicted octanol–water partition coefficient (Wildman–Crippen LogP) is 1.74. The van der Waals surface area contributed by atoms with Gasteiger partial charge in [-0.15, -0.1) is 6.42 Å². The Morgan fingerprint density at radius 3 is 2.86 bits per heavy atom. The van der Waals surface area contributed by atoms with Crippen LogP contribution in [-0.4, -0.2) is 28.0 Å². The van der Waals surface area contributed by atoms with E-state index in [9.17, 15) is 9.90 Å². The summed E-state index contributed by atoms with van der Waals surface area (Å²) in [7, 11) is 0. The van der Waals surface area contributed by atoms with Crippen molar-refractivity contribution in [1.82, 2.24) is 9.78 Å². The highest BCUT2D eigenvalue weighted by molar-refractivity contribution is 6.32. The maximum Gasteiger partial charge on any atom is 0.292 e. The van der Waals surface area contributed by atoms with Crippen molar-refractivity contribution in [3.8, 4) is 12.3 Å². The third-order valence-corrected chi connectivity index (χ3v) is 4.37. The van der Waals surface area contributed by atoms with E-state index in [-0.39, 0.29) is 18.7 Å². The van der Waals surface area contributed by atoms with Gasteiger partial charge in [-0.3, -0.25) is 4.79 Å². The van der Waals surface area contributed by atoms with Crippen molar-refractivity contribution < 1.29 is 5.11 Å². The van der Waals surface area contributed by atoms with E-state index < -0.39 is 0 Å². The fourth-order valence-corrected chi connectivity index (χ4v) is 3.05. The van der Waals surface area contributed by atoms with E-state index in [4.69, 9.17) is 18.0 Å². The Hall–Kier alpha value is -1.51. The van der Waals surface area contributed by atoms with Crippen molar-refractivity contribution >= 4 is 17.3 Å². The summed E-state index contributed by atoms with van der Waals surface area (Å²) in [6.07, 6.45) is 11.0. The van der Waals surface area contributed by atoms with Gasteiger partial charge in [0, 0.05) is 13.2 Å². The molecule has 6 heteroatoms. The molecule has 0 amide bonds. The Balaban J connectivity index is 2.10. The molecular formula is C15H20ClN3O2. The number of hydrogen-bond acceptors (Lipinski definition) is 4. The van der Waals surface area contributed by atoms with Crippen LogP contribution in [0.2, 0.25) is 5.02 Å². The number of anilines is 1. The summed E-state index contributed by atoms with van der Waals surface area (Å²) >= 11 is 6.05. The van der Waals surface area contributed by atoms with E-state index in [0.29, 0.717) is 29.1 Å². The zero-order chi connectivity index (χ0) is 15.2. The zero-order valence-electron chi connectivity index (χ0n) is 11.9. The van der Waals surface area contributed by atoms with Crippen molar-refractivity contribution in [2.24, 2.45) is 11.8 Å². The quantitative estimate of drug-likeness (QED) is 0.813. The summed E-state index contributed by atoms with van der Waals surface area (Å²) in [5, 5.41) is 16.8. The fourth-order valence-electron chi connectivity index (χ4n) is 2.85. The van der Waals surface area contributed by atoms with Crippen molar-refractivity contribution in [3.63, 3.8) is 0 Å². The highest BCUT2D eigenvalue weighted by Crippen LogP contribution is 2.30. The Labute approximate surface area is 129 Å². The lowest BCUT2D eigenvalue weighted by atomic mass is 9.79. The minimum absolute atomic E-state index is 0.118. The van der Waals surface area contributed by atoms with Crippen LogP contribution < -0.4 is 10.9 Å². The lowest BCUT2D eigenvalue weighted by Gasteiger charge is -2.30. The molecule has 0 aliphatic heterocycles. The molecule has 2 atom stereocenters. The first-order chi connectivity index (χ1) is 10.2. The molecule has 21 heavy (non-hydrogen) atoms. The molecule has 114 valence electrons. The molecule has 0 bridgehead atoms. The number of hydrogen-bond donors (Lipinski definition) is 2. The summed E-state index contributed by atoms with van der Waals surface area (Å²) in [4.78, 5) is 12.2. The molecule has 0 radical (unpaired) electrons. The number of aromatic nitrogens is 2. The topological polar surface area (TPSA) is 67.2 Å². The van der Waals surface area contributed by atoms with Crippen LogP contribution in [0.25, 0.3) is 0 Å². The first-order valence-corrected chi connectivity index (χ1v) is 7.59. The van der Waals surface area contributed by atoms with Gasteiger partial charge in [0.05, 0.1) is 11.2 Å². The van der Waals surface area contributed by atoms with Crippen LogP contribution in [0.5, 0.6) is 0 Å². The minimum Gasteiger partial charge on any atom is -0.396 e. The van der Waals surface area contributed by atoms with Crippen LogP contribution in [0.4, 0.5) is 5.69 Å². The van der Waals surface area contributed by atoms with E-state index in [1.54, 1.807) is 0 Å². The largest absolute Gasteiger partial charge is 0.396 e. The zero-order valence-corrected chi connectivity index (χ0v) is 12.6. The molecule has 1 aromatic rings. The lowest BCUT2D eigenvalue weighted by molar-refractivity contribution is 0.141. The van der Waals surface area contributed by atoms with Crippen LogP contribution in [0.1, 0.15) is 25.7 Å². The maximum absolute atomic E-state index is 12.2. The van der Waals surface area contributed by atoms with E-state index in [2.05, 4.69) is 16.3 Å². The smallest absolute Gasteiger partial charge is 0.292 e. The molecule has 1 aliphatic rings. The van der Waals surface area contributed by atoms with Gasteiger partial charge < -0.3 is 10.4 Å². The maximum atomic E-state index is 12.2. The highest BCUT2D eigenvalue weighted by Gasteiger charge is 2.24. The third-order valence-electron chi connectivity index (χ3n) is 4.08. The first kappa shape index (κ1) is 15.9. The number of terminal acetylenes is 1. The molecule has 2 rings (SSSR count). The molecule has 0 saturated heterocycles. The molecule has 1 fully saturated rings. The van der Waals surface area contributed by atoms with Crippen LogP contribution in [0, 0.1) is 24.2 Å². The predicted molar refractivity (Wildman–Crippen MR) is 83.4 cm³/mol. The minimum atomic E-state index is -0.309. The van der Waals surface area contributed by atoms with Crippen LogP contribution in [0.3, 0.4) is 0 Å². The van der Waals surface area contributed by atoms with Gasteiger partial charge >= 0.3 is 0 Å². The second kappa shape index (κ2) is 7.48. The summed E-state index contributed by atoms with van der Waals surface area (Å²) < 4.78 is 1.21. The highest BCUT2D eigenvalue weighted by atomic mass is 35.5. The molecule has 2 unspecified atom stereocenters. The molecule has 1 saturated carbocycles. The molecule has 1 heterocycles. The van der Waals surface area contributed by atoms with Gasteiger partial charge in [-0.1, -0.05) is 30.4 Å². The first-order valence-electron chi connectivity index (χ1n) is 7.21. The molecule has 1 aliphatic carbocycles. The summed E-state index contributed by atoms with van der Waals surface area (Å²) in [6.45, 7) is 0.936. The molecule has 0 spiro atoms. The number of aliphatic hydroxyl groups excluding tert-OH is 1. The number of halogens is 1. The van der Waals surface area contributed by atoms with Gasteiger partial charge in [-0.05, 0) is 24.7 Å². The second-order valence-electron chi connectivity index (χ2n) is 5.40. The van der Waals surface area contributed by atoms with Crippen molar-refractivity contribution in [1.29, 1.82) is 0 Å². The van der Waals surface area contributed by atoms with Gasteiger partial charge in [0.25, 0.3) is 5.56 Å². The monoisotopic (exact) mass is 309 g/mol. The van der Waals surface area contributed by atoms with E-state index in [1.165, 1.54) is 10.9 Å². The average molecular weight is 310 g/mol. The fraction of sp³-hybridized carbons (Fsp3) is 0.600. The molecular weight excluding hydrogens is 290 g/mol. The Morgan fingerprint density at radius 2 is 2.19 bits per heavy atom. The van der Waals surface area contributed by atoms with E-state index >= 15 is 0 Å². The van der Waals surface area contributed by atoms with Gasteiger partial charge in [0.1, 0.15) is 12.2 Å². The second-order valence-corrected chi connectivity index (χ2v) is 5.81. The Kier molecular flexibility index (Phi) is 5.66. The van der Waals surface area contributed by atoms with Crippen molar-refractivity contribution in [3.05, 3.63) is 21.6 Å². The van der Waals surface area contributed by atoms with E-state index in [1.807, 2.05) is 0 Å². The van der Waals surface area contributed by atoms with Crippen LogP contribution >= 0.6 is 11.6 Å². The van der Waals surface area contributed by atoms with Crippen LogP contribution in [-0.2, 0) is 6.54 Å². The lowest BCUT2D eigenvalue weighted by Crippen LogP contribution is -2.32. The third kappa shape index (κ3) is 3.78. The molecule has 1 aromatic heterocycles. The average Bonchev–Trinajstić information content (AvgIpc) is 2.50.